The molecule has 0 spiro atoms. The maximum atomic E-state index is 6.56. The Bertz CT molecular complexity index is 1070. The Balaban J connectivity index is 1.50. The summed E-state index contributed by atoms with van der Waals surface area (Å²) in [5.74, 6) is 2.56. The highest BCUT2D eigenvalue weighted by Crippen LogP contribution is 2.45. The molecule has 0 unspecified atom stereocenters. The molecule has 0 saturated carbocycles. The standard InChI is InChI=1S/C22H23N3OS/c1-13-23-21(19-16-6-2-8-18(16)27-22(19)24-13)26-17-10-9-14-5-3-11-25-12-4-7-15(17)20(14)25/h9-10H,2-8,11-12H2,1H3. The van der Waals surface area contributed by atoms with E-state index in [0.29, 0.717) is 0 Å². The van der Waals surface area contributed by atoms with Crippen molar-refractivity contribution in [1.29, 1.82) is 0 Å². The summed E-state index contributed by atoms with van der Waals surface area (Å²) in [7, 11) is 0. The lowest BCUT2D eigenvalue weighted by molar-refractivity contribution is 0.456. The van der Waals surface area contributed by atoms with Gasteiger partial charge in [-0.05, 0) is 69.1 Å². The smallest absolute Gasteiger partial charge is 0.231 e. The van der Waals surface area contributed by atoms with Crippen LogP contribution in [0.15, 0.2) is 12.1 Å². The van der Waals surface area contributed by atoms with E-state index >= 15 is 0 Å². The number of thiophene rings is 1. The molecule has 1 aromatic carbocycles. The highest BCUT2D eigenvalue weighted by atomic mass is 32.1. The zero-order valence-corrected chi connectivity index (χ0v) is 16.5. The normalized spacial score (nSPS) is 17.9. The summed E-state index contributed by atoms with van der Waals surface area (Å²) in [5.41, 5.74) is 5.75. The minimum absolute atomic E-state index is 0.765. The maximum Gasteiger partial charge on any atom is 0.231 e. The number of ether oxygens (including phenoxy) is 1. The van der Waals surface area contributed by atoms with E-state index in [1.807, 2.05) is 18.3 Å². The molecule has 6 rings (SSSR count). The molecule has 4 nitrogen and oxygen atoms in total. The van der Waals surface area contributed by atoms with E-state index in [1.54, 1.807) is 0 Å². The number of hydrogen-bond donors (Lipinski definition) is 0. The summed E-state index contributed by atoms with van der Waals surface area (Å²) in [6, 6.07) is 4.45. The monoisotopic (exact) mass is 377 g/mol. The van der Waals surface area contributed by atoms with Crippen LogP contribution in [0, 0.1) is 6.92 Å². The first-order valence-corrected chi connectivity index (χ1v) is 11.0. The third-order valence-corrected chi connectivity index (χ3v) is 7.40. The van der Waals surface area contributed by atoms with Crippen molar-refractivity contribution in [2.24, 2.45) is 0 Å². The van der Waals surface area contributed by atoms with E-state index in [4.69, 9.17) is 14.7 Å². The van der Waals surface area contributed by atoms with Crippen molar-refractivity contribution >= 4 is 27.2 Å². The number of nitrogens with zero attached hydrogens (tertiary/aromatic N) is 3. The van der Waals surface area contributed by atoms with Gasteiger partial charge in [-0.2, -0.15) is 4.98 Å². The van der Waals surface area contributed by atoms with Crippen molar-refractivity contribution in [2.45, 2.75) is 51.9 Å². The predicted octanol–water partition coefficient (Wildman–Crippen LogP) is 4.98. The number of rotatable bonds is 2. The molecule has 5 heteroatoms. The van der Waals surface area contributed by atoms with Crippen molar-refractivity contribution in [1.82, 2.24) is 9.97 Å². The average molecular weight is 378 g/mol. The Labute approximate surface area is 163 Å². The van der Waals surface area contributed by atoms with Crippen LogP contribution in [-0.4, -0.2) is 23.1 Å². The van der Waals surface area contributed by atoms with Crippen LogP contribution in [0.2, 0.25) is 0 Å². The van der Waals surface area contributed by atoms with E-state index in [-0.39, 0.29) is 0 Å². The van der Waals surface area contributed by atoms with Crippen LogP contribution >= 0.6 is 11.3 Å². The van der Waals surface area contributed by atoms with Gasteiger partial charge in [-0.3, -0.25) is 0 Å². The van der Waals surface area contributed by atoms with Crippen LogP contribution < -0.4 is 9.64 Å². The lowest BCUT2D eigenvalue weighted by Gasteiger charge is -2.37. The Morgan fingerprint density at radius 3 is 2.74 bits per heavy atom. The Hall–Kier alpha value is -2.14. The van der Waals surface area contributed by atoms with Gasteiger partial charge in [0.1, 0.15) is 16.4 Å². The summed E-state index contributed by atoms with van der Waals surface area (Å²) in [5, 5.41) is 1.16. The fourth-order valence-corrected chi connectivity index (χ4v) is 6.38. The second kappa shape index (κ2) is 5.93. The largest absolute Gasteiger partial charge is 0.438 e. The van der Waals surface area contributed by atoms with Crippen molar-refractivity contribution in [3.05, 3.63) is 39.5 Å². The SMILES string of the molecule is Cc1nc(Oc2ccc3c4c2CCCN4CCC3)c2c3c(sc2n1)CCC3. The topological polar surface area (TPSA) is 38.2 Å². The van der Waals surface area contributed by atoms with Gasteiger partial charge in [-0.1, -0.05) is 6.07 Å². The summed E-state index contributed by atoms with van der Waals surface area (Å²) >= 11 is 1.83. The molecule has 2 aliphatic heterocycles. The quantitative estimate of drug-likeness (QED) is 0.631. The summed E-state index contributed by atoms with van der Waals surface area (Å²) < 4.78 is 6.56. The number of aryl methyl sites for hydroxylation is 4. The van der Waals surface area contributed by atoms with E-state index in [0.717, 1.165) is 40.5 Å². The van der Waals surface area contributed by atoms with Crippen LogP contribution in [0.5, 0.6) is 11.6 Å². The van der Waals surface area contributed by atoms with Gasteiger partial charge in [0.2, 0.25) is 5.88 Å². The van der Waals surface area contributed by atoms with Gasteiger partial charge in [-0.15, -0.1) is 11.3 Å². The number of anilines is 1. The zero-order valence-electron chi connectivity index (χ0n) is 15.7. The highest BCUT2D eigenvalue weighted by Gasteiger charge is 2.28. The lowest BCUT2D eigenvalue weighted by Crippen LogP contribution is -2.34. The van der Waals surface area contributed by atoms with Gasteiger partial charge in [-0.25, -0.2) is 4.98 Å². The summed E-state index contributed by atoms with van der Waals surface area (Å²) in [4.78, 5) is 14.6. The molecule has 0 saturated heterocycles. The first kappa shape index (κ1) is 15.9. The van der Waals surface area contributed by atoms with E-state index < -0.39 is 0 Å². The van der Waals surface area contributed by atoms with Crippen LogP contribution in [0.1, 0.15) is 46.7 Å². The second-order valence-electron chi connectivity index (χ2n) is 7.96. The first-order chi connectivity index (χ1) is 13.3. The molecule has 0 amide bonds. The Morgan fingerprint density at radius 2 is 1.81 bits per heavy atom. The van der Waals surface area contributed by atoms with Gasteiger partial charge in [0.25, 0.3) is 0 Å². The zero-order chi connectivity index (χ0) is 18.0. The molecular weight excluding hydrogens is 354 g/mol. The summed E-state index contributed by atoms with van der Waals surface area (Å²) in [6.07, 6.45) is 8.30. The van der Waals surface area contributed by atoms with E-state index in [2.05, 4.69) is 17.0 Å². The average Bonchev–Trinajstić information content (AvgIpc) is 3.25. The highest BCUT2D eigenvalue weighted by molar-refractivity contribution is 7.19. The number of fused-ring (bicyclic) bond motifs is 3. The Morgan fingerprint density at radius 1 is 0.963 bits per heavy atom. The minimum Gasteiger partial charge on any atom is -0.438 e. The van der Waals surface area contributed by atoms with E-state index in [1.165, 1.54) is 72.4 Å². The van der Waals surface area contributed by atoms with Crippen molar-refractivity contribution < 1.29 is 4.74 Å². The second-order valence-corrected chi connectivity index (χ2v) is 9.04. The van der Waals surface area contributed by atoms with Crippen molar-refractivity contribution in [2.75, 3.05) is 18.0 Å². The molecule has 0 atom stereocenters. The molecule has 0 radical (unpaired) electrons. The molecule has 4 heterocycles. The maximum absolute atomic E-state index is 6.56. The predicted molar refractivity (Wildman–Crippen MR) is 110 cm³/mol. The molecule has 0 fully saturated rings. The molecular formula is C22H23N3OS. The Kier molecular flexibility index (Phi) is 3.49. The minimum atomic E-state index is 0.765. The van der Waals surface area contributed by atoms with Crippen LogP contribution in [0.25, 0.3) is 10.2 Å². The third kappa shape index (κ3) is 2.40. The van der Waals surface area contributed by atoms with Crippen LogP contribution in [0.4, 0.5) is 5.69 Å². The van der Waals surface area contributed by atoms with Crippen molar-refractivity contribution in [3.8, 4) is 11.6 Å². The van der Waals surface area contributed by atoms with Gasteiger partial charge in [0.15, 0.2) is 0 Å². The molecule has 138 valence electrons. The molecule has 1 aliphatic carbocycles. The van der Waals surface area contributed by atoms with E-state index in [9.17, 15) is 0 Å². The number of aromatic nitrogens is 2. The fourth-order valence-electron chi connectivity index (χ4n) is 5.08. The summed E-state index contributed by atoms with van der Waals surface area (Å²) in [6.45, 7) is 4.33. The van der Waals surface area contributed by atoms with Crippen LogP contribution in [-0.2, 0) is 25.7 Å². The first-order valence-electron chi connectivity index (χ1n) is 10.1. The number of hydrogen-bond acceptors (Lipinski definition) is 5. The fraction of sp³-hybridized carbons (Fsp3) is 0.455. The molecule has 3 aliphatic rings. The number of benzene rings is 1. The van der Waals surface area contributed by atoms with Crippen molar-refractivity contribution in [3.63, 3.8) is 0 Å². The van der Waals surface area contributed by atoms with Gasteiger partial charge < -0.3 is 9.64 Å². The molecule has 0 bridgehead atoms. The molecule has 0 N–H and O–H groups in total. The van der Waals surface area contributed by atoms with Gasteiger partial charge in [0, 0.05) is 29.2 Å². The molecule has 27 heavy (non-hydrogen) atoms. The van der Waals surface area contributed by atoms with Crippen LogP contribution in [0.3, 0.4) is 0 Å². The molecule has 2 aromatic heterocycles. The third-order valence-electron chi connectivity index (χ3n) is 6.22. The molecule has 3 aromatic rings. The van der Waals surface area contributed by atoms with Gasteiger partial charge >= 0.3 is 0 Å². The lowest BCUT2D eigenvalue weighted by atomic mass is 9.91. The van der Waals surface area contributed by atoms with Gasteiger partial charge in [0.05, 0.1) is 5.39 Å².